The third-order valence-corrected chi connectivity index (χ3v) is 5.68. The molecule has 2 heterocycles. The molecule has 2 amide bonds. The number of aryl methyl sites for hydroxylation is 2. The van der Waals surface area contributed by atoms with Crippen LogP contribution in [0, 0.1) is 19.7 Å². The summed E-state index contributed by atoms with van der Waals surface area (Å²) in [5, 5.41) is 11.0. The minimum absolute atomic E-state index is 0.216. The number of benzene rings is 2. The van der Waals surface area contributed by atoms with E-state index in [1.54, 1.807) is 28.9 Å². The van der Waals surface area contributed by atoms with Crippen molar-refractivity contribution in [3.05, 3.63) is 70.5 Å². The van der Waals surface area contributed by atoms with E-state index in [1.165, 1.54) is 30.4 Å². The number of aromatic nitrogens is 2. The number of hydrogen-bond acceptors (Lipinski definition) is 4. The highest BCUT2D eigenvalue weighted by molar-refractivity contribution is 7.20. The molecule has 30 heavy (non-hydrogen) atoms. The lowest BCUT2D eigenvalue weighted by Gasteiger charge is -2.12. The molecule has 0 saturated carbocycles. The van der Waals surface area contributed by atoms with E-state index < -0.39 is 0 Å². The Hall–Kier alpha value is -3.52. The normalized spacial score (nSPS) is 10.9. The molecule has 2 N–H and O–H groups in total. The molecule has 4 rings (SSSR count). The number of anilines is 2. The van der Waals surface area contributed by atoms with Crippen molar-refractivity contribution in [3.63, 3.8) is 0 Å². The van der Waals surface area contributed by atoms with Crippen LogP contribution < -0.4 is 10.6 Å². The van der Waals surface area contributed by atoms with E-state index in [2.05, 4.69) is 15.7 Å². The summed E-state index contributed by atoms with van der Waals surface area (Å²) in [7, 11) is 0. The number of carbonyl (C=O) groups is 2. The number of rotatable bonds is 4. The molecule has 0 aliphatic heterocycles. The van der Waals surface area contributed by atoms with Crippen LogP contribution >= 0.6 is 11.3 Å². The number of nitrogens with zero attached hydrogens (tertiary/aromatic N) is 2. The van der Waals surface area contributed by atoms with Gasteiger partial charge in [-0.2, -0.15) is 5.10 Å². The van der Waals surface area contributed by atoms with Crippen molar-refractivity contribution in [2.24, 2.45) is 0 Å². The van der Waals surface area contributed by atoms with Gasteiger partial charge in [0.2, 0.25) is 5.91 Å². The molecule has 0 unspecified atom stereocenters. The first-order valence-electron chi connectivity index (χ1n) is 9.26. The van der Waals surface area contributed by atoms with Crippen LogP contribution in [0.25, 0.3) is 15.9 Å². The molecule has 0 saturated heterocycles. The summed E-state index contributed by atoms with van der Waals surface area (Å²) in [5.41, 5.74) is 3.52. The van der Waals surface area contributed by atoms with E-state index in [4.69, 9.17) is 0 Å². The Kier molecular flexibility index (Phi) is 5.09. The quantitative estimate of drug-likeness (QED) is 0.483. The molecule has 0 aliphatic carbocycles. The maximum absolute atomic E-state index is 13.3. The molecule has 6 nitrogen and oxygen atoms in total. The van der Waals surface area contributed by atoms with Crippen molar-refractivity contribution >= 4 is 44.7 Å². The van der Waals surface area contributed by atoms with Gasteiger partial charge in [0.05, 0.1) is 27.6 Å². The molecule has 152 valence electrons. The highest BCUT2D eigenvalue weighted by Gasteiger charge is 2.18. The second-order valence-corrected chi connectivity index (χ2v) is 8.02. The van der Waals surface area contributed by atoms with Gasteiger partial charge in [-0.3, -0.25) is 9.59 Å². The number of fused-ring (bicyclic) bond motifs is 1. The Balaban J connectivity index is 1.68. The summed E-state index contributed by atoms with van der Waals surface area (Å²) in [6.07, 6.45) is 0. The zero-order chi connectivity index (χ0) is 21.4. The summed E-state index contributed by atoms with van der Waals surface area (Å²) >= 11 is 1.30. The van der Waals surface area contributed by atoms with Crippen molar-refractivity contribution in [1.29, 1.82) is 0 Å². The van der Waals surface area contributed by atoms with Gasteiger partial charge in [-0.25, -0.2) is 9.07 Å². The van der Waals surface area contributed by atoms with Gasteiger partial charge in [-0.15, -0.1) is 11.3 Å². The molecule has 0 bridgehead atoms. The molecule has 8 heteroatoms. The third-order valence-electron chi connectivity index (χ3n) is 4.57. The van der Waals surface area contributed by atoms with Crippen LogP contribution in [0.3, 0.4) is 0 Å². The van der Waals surface area contributed by atoms with Crippen LogP contribution in [0.5, 0.6) is 0 Å². The van der Waals surface area contributed by atoms with E-state index in [9.17, 15) is 14.0 Å². The zero-order valence-corrected chi connectivity index (χ0v) is 17.4. The summed E-state index contributed by atoms with van der Waals surface area (Å²) in [6, 6.07) is 13.3. The SMILES string of the molecule is CC(=O)Nc1ccc(C)cc1NC(=O)c1cc2c(C)nn(-c3ccc(F)cc3)c2s1. The van der Waals surface area contributed by atoms with Gasteiger partial charge in [0.25, 0.3) is 5.91 Å². The summed E-state index contributed by atoms with van der Waals surface area (Å²) in [6.45, 7) is 5.20. The van der Waals surface area contributed by atoms with E-state index in [0.717, 1.165) is 27.2 Å². The second-order valence-electron chi connectivity index (χ2n) is 6.99. The first kappa shape index (κ1) is 19.8. The first-order valence-corrected chi connectivity index (χ1v) is 10.1. The fourth-order valence-corrected chi connectivity index (χ4v) is 4.24. The number of hydrogen-bond donors (Lipinski definition) is 2. The Morgan fingerprint density at radius 2 is 1.73 bits per heavy atom. The molecular formula is C22H19FN4O2S. The molecule has 0 radical (unpaired) electrons. The lowest BCUT2D eigenvalue weighted by molar-refractivity contribution is -0.114. The van der Waals surface area contributed by atoms with Crippen LogP contribution in [-0.2, 0) is 4.79 Å². The summed E-state index contributed by atoms with van der Waals surface area (Å²) in [5.74, 6) is -0.817. The van der Waals surface area contributed by atoms with E-state index in [-0.39, 0.29) is 17.6 Å². The first-order chi connectivity index (χ1) is 14.3. The van der Waals surface area contributed by atoms with E-state index >= 15 is 0 Å². The van der Waals surface area contributed by atoms with Gasteiger partial charge >= 0.3 is 0 Å². The molecule has 0 spiro atoms. The van der Waals surface area contributed by atoms with Crippen molar-refractivity contribution in [3.8, 4) is 5.69 Å². The number of halogens is 1. The van der Waals surface area contributed by atoms with Crippen LogP contribution in [0.1, 0.15) is 27.9 Å². The largest absolute Gasteiger partial charge is 0.325 e. The second kappa shape index (κ2) is 7.72. The molecule has 0 atom stereocenters. The third kappa shape index (κ3) is 3.81. The lowest BCUT2D eigenvalue weighted by Crippen LogP contribution is -2.14. The Morgan fingerprint density at radius 1 is 1.00 bits per heavy atom. The fraction of sp³-hybridized carbons (Fsp3) is 0.136. The molecule has 0 aliphatic rings. The lowest BCUT2D eigenvalue weighted by atomic mass is 10.2. The smallest absolute Gasteiger partial charge is 0.265 e. The van der Waals surface area contributed by atoms with Gasteiger partial charge in [0.15, 0.2) is 0 Å². The maximum Gasteiger partial charge on any atom is 0.265 e. The molecule has 2 aromatic heterocycles. The van der Waals surface area contributed by atoms with Crippen LogP contribution in [-0.4, -0.2) is 21.6 Å². The van der Waals surface area contributed by atoms with Gasteiger partial charge in [-0.05, 0) is 61.9 Å². The van der Waals surface area contributed by atoms with Gasteiger partial charge < -0.3 is 10.6 Å². The van der Waals surface area contributed by atoms with Crippen LogP contribution in [0.4, 0.5) is 15.8 Å². The van der Waals surface area contributed by atoms with Crippen LogP contribution in [0.2, 0.25) is 0 Å². The molecular weight excluding hydrogens is 403 g/mol. The van der Waals surface area contributed by atoms with Crippen molar-refractivity contribution in [1.82, 2.24) is 9.78 Å². The van der Waals surface area contributed by atoms with Crippen molar-refractivity contribution < 1.29 is 14.0 Å². The molecule has 4 aromatic rings. The summed E-state index contributed by atoms with van der Waals surface area (Å²) < 4.78 is 15.0. The predicted molar refractivity (Wildman–Crippen MR) is 117 cm³/mol. The fourth-order valence-electron chi connectivity index (χ4n) is 3.16. The van der Waals surface area contributed by atoms with Crippen molar-refractivity contribution in [2.45, 2.75) is 20.8 Å². The average molecular weight is 422 g/mol. The zero-order valence-electron chi connectivity index (χ0n) is 16.6. The van der Waals surface area contributed by atoms with E-state index in [1.807, 2.05) is 26.0 Å². The van der Waals surface area contributed by atoms with Crippen LogP contribution in [0.15, 0.2) is 48.5 Å². The highest BCUT2D eigenvalue weighted by Crippen LogP contribution is 2.32. The highest BCUT2D eigenvalue weighted by atomic mass is 32.1. The van der Waals surface area contributed by atoms with Crippen molar-refractivity contribution in [2.75, 3.05) is 10.6 Å². The van der Waals surface area contributed by atoms with Gasteiger partial charge in [0, 0.05) is 12.3 Å². The number of carbonyl (C=O) groups excluding carboxylic acids is 2. The topological polar surface area (TPSA) is 76.0 Å². The number of nitrogens with one attached hydrogen (secondary N) is 2. The Labute approximate surface area is 176 Å². The molecule has 2 aromatic carbocycles. The molecule has 0 fully saturated rings. The minimum Gasteiger partial charge on any atom is -0.325 e. The van der Waals surface area contributed by atoms with E-state index in [0.29, 0.717) is 16.3 Å². The maximum atomic E-state index is 13.3. The number of thiophene rings is 1. The van der Waals surface area contributed by atoms with Gasteiger partial charge in [-0.1, -0.05) is 6.07 Å². The van der Waals surface area contributed by atoms with Gasteiger partial charge in [0.1, 0.15) is 10.6 Å². The average Bonchev–Trinajstić information content (AvgIpc) is 3.25. The monoisotopic (exact) mass is 422 g/mol. The standard InChI is InChI=1S/C22H19FN4O2S/c1-12-4-9-18(24-14(3)28)19(10-12)25-21(29)20-11-17-13(2)26-27(22(17)30-20)16-7-5-15(23)6-8-16/h4-11H,1-3H3,(H,24,28)(H,25,29). The Bertz CT molecular complexity index is 1270. The minimum atomic E-state index is -0.321. The Morgan fingerprint density at radius 3 is 2.43 bits per heavy atom. The predicted octanol–water partition coefficient (Wildman–Crippen LogP) is 5.05. The summed E-state index contributed by atoms with van der Waals surface area (Å²) in [4.78, 5) is 25.7. The number of amides is 2.